The molecule has 1 fully saturated rings. The van der Waals surface area contributed by atoms with Crippen LogP contribution in [0.25, 0.3) is 0 Å². The molecule has 2 unspecified atom stereocenters. The molecule has 2 atom stereocenters. The van der Waals surface area contributed by atoms with Crippen molar-refractivity contribution in [2.75, 3.05) is 6.61 Å². The van der Waals surface area contributed by atoms with E-state index in [-0.39, 0.29) is 18.5 Å². The lowest BCUT2D eigenvalue weighted by Gasteiger charge is -2.31. The van der Waals surface area contributed by atoms with Crippen LogP contribution in [-0.2, 0) is 4.74 Å². The highest BCUT2D eigenvalue weighted by molar-refractivity contribution is 9.10. The fourth-order valence-electron chi connectivity index (χ4n) is 2.95. The summed E-state index contributed by atoms with van der Waals surface area (Å²) in [6.45, 7) is 4.73. The van der Waals surface area contributed by atoms with Gasteiger partial charge in [0.05, 0.1) is 6.10 Å². The Hall–Kier alpha value is -0.670. The molecule has 0 bridgehead atoms. The minimum Gasteiger partial charge on any atom is -0.370 e. The Morgan fingerprint density at radius 3 is 2.58 bits per heavy atom. The van der Waals surface area contributed by atoms with Crippen molar-refractivity contribution in [2.45, 2.75) is 39.2 Å². The summed E-state index contributed by atoms with van der Waals surface area (Å²) in [5.74, 6) is 1.47. The summed E-state index contributed by atoms with van der Waals surface area (Å²) in [5.41, 5.74) is 0.714. The average molecular weight is 325 g/mol. The van der Waals surface area contributed by atoms with Crippen molar-refractivity contribution >= 4 is 21.7 Å². The van der Waals surface area contributed by atoms with Gasteiger partial charge in [-0.25, -0.2) is 0 Å². The zero-order valence-electron chi connectivity index (χ0n) is 11.6. The quantitative estimate of drug-likeness (QED) is 0.763. The number of hydrogen-bond donors (Lipinski definition) is 0. The number of Topliss-reactive ketones (excluding diaryl/α,β-unsaturated/α-hetero) is 1. The Bertz CT molecular complexity index is 434. The predicted octanol–water partition coefficient (Wildman–Crippen LogP) is 4.47. The molecule has 2 rings (SSSR count). The molecule has 19 heavy (non-hydrogen) atoms. The molecule has 0 saturated heterocycles. The molecule has 1 aliphatic carbocycles. The van der Waals surface area contributed by atoms with Crippen LogP contribution in [0.1, 0.15) is 43.5 Å². The highest BCUT2D eigenvalue weighted by Gasteiger charge is 2.25. The minimum absolute atomic E-state index is 0.0622. The Morgan fingerprint density at radius 1 is 1.26 bits per heavy atom. The monoisotopic (exact) mass is 324 g/mol. The van der Waals surface area contributed by atoms with Crippen molar-refractivity contribution in [1.82, 2.24) is 0 Å². The van der Waals surface area contributed by atoms with Gasteiger partial charge < -0.3 is 4.74 Å². The second kappa shape index (κ2) is 6.67. The van der Waals surface area contributed by atoms with Crippen molar-refractivity contribution in [3.05, 3.63) is 34.3 Å². The number of ether oxygens (including phenoxy) is 1. The summed E-state index contributed by atoms with van der Waals surface area (Å²) in [6, 6.07) is 7.48. The molecule has 1 aromatic carbocycles. The van der Waals surface area contributed by atoms with Crippen LogP contribution in [-0.4, -0.2) is 18.5 Å². The standard InChI is InChI=1S/C16H21BrO2/c1-11-6-12(2)8-15(7-11)19-10-16(18)13-4-3-5-14(17)9-13/h3-5,9,11-12,15H,6-8,10H2,1-2H3. The van der Waals surface area contributed by atoms with E-state index in [4.69, 9.17) is 4.74 Å². The van der Waals surface area contributed by atoms with Crippen LogP contribution >= 0.6 is 15.9 Å². The van der Waals surface area contributed by atoms with Gasteiger partial charge in [0.15, 0.2) is 5.78 Å². The lowest BCUT2D eigenvalue weighted by molar-refractivity contribution is 0.00562. The summed E-state index contributed by atoms with van der Waals surface area (Å²) < 4.78 is 6.74. The Labute approximate surface area is 123 Å². The first-order valence-electron chi connectivity index (χ1n) is 6.95. The van der Waals surface area contributed by atoms with Crippen LogP contribution in [0.4, 0.5) is 0 Å². The molecule has 0 radical (unpaired) electrons. The highest BCUT2D eigenvalue weighted by Crippen LogP contribution is 2.30. The van der Waals surface area contributed by atoms with Crippen molar-refractivity contribution in [3.8, 4) is 0 Å². The first kappa shape index (κ1) is 14.7. The molecular weight excluding hydrogens is 304 g/mol. The number of carbonyl (C=O) groups is 1. The first-order valence-corrected chi connectivity index (χ1v) is 7.74. The van der Waals surface area contributed by atoms with Gasteiger partial charge in [0.1, 0.15) is 6.61 Å². The molecule has 0 amide bonds. The van der Waals surface area contributed by atoms with Gasteiger partial charge in [-0.05, 0) is 43.2 Å². The minimum atomic E-state index is 0.0622. The van der Waals surface area contributed by atoms with E-state index in [0.717, 1.165) is 17.3 Å². The average Bonchev–Trinajstić information content (AvgIpc) is 2.35. The van der Waals surface area contributed by atoms with Crippen LogP contribution in [0.3, 0.4) is 0 Å². The van der Waals surface area contributed by atoms with E-state index in [0.29, 0.717) is 17.4 Å². The maximum atomic E-state index is 12.1. The number of ketones is 1. The van der Waals surface area contributed by atoms with Gasteiger partial charge in [-0.15, -0.1) is 0 Å². The van der Waals surface area contributed by atoms with Gasteiger partial charge in [0.25, 0.3) is 0 Å². The van der Waals surface area contributed by atoms with E-state index in [1.54, 1.807) is 0 Å². The van der Waals surface area contributed by atoms with Crippen LogP contribution in [0.15, 0.2) is 28.7 Å². The number of benzene rings is 1. The van der Waals surface area contributed by atoms with E-state index in [1.165, 1.54) is 6.42 Å². The normalized spacial score (nSPS) is 27.2. The molecule has 1 aromatic rings. The summed E-state index contributed by atoms with van der Waals surface area (Å²) in [7, 11) is 0. The van der Waals surface area contributed by atoms with Gasteiger partial charge >= 0.3 is 0 Å². The predicted molar refractivity (Wildman–Crippen MR) is 80.4 cm³/mol. The third-order valence-electron chi connectivity index (χ3n) is 3.73. The van der Waals surface area contributed by atoms with E-state index in [1.807, 2.05) is 24.3 Å². The second-order valence-corrected chi connectivity index (χ2v) is 6.70. The van der Waals surface area contributed by atoms with Crippen LogP contribution in [0, 0.1) is 11.8 Å². The van der Waals surface area contributed by atoms with Gasteiger partial charge in [-0.3, -0.25) is 4.79 Å². The lowest BCUT2D eigenvalue weighted by atomic mass is 9.82. The Kier molecular flexibility index (Phi) is 5.17. The van der Waals surface area contributed by atoms with E-state index < -0.39 is 0 Å². The van der Waals surface area contributed by atoms with Crippen molar-refractivity contribution in [1.29, 1.82) is 0 Å². The Balaban J connectivity index is 1.86. The zero-order chi connectivity index (χ0) is 13.8. The summed E-state index contributed by atoms with van der Waals surface area (Å²) in [5, 5.41) is 0. The zero-order valence-corrected chi connectivity index (χ0v) is 13.2. The molecule has 0 heterocycles. The van der Waals surface area contributed by atoms with Gasteiger partial charge in [-0.2, -0.15) is 0 Å². The molecule has 0 spiro atoms. The topological polar surface area (TPSA) is 26.3 Å². The lowest BCUT2D eigenvalue weighted by Crippen LogP contribution is -2.28. The van der Waals surface area contributed by atoms with Crippen LogP contribution < -0.4 is 0 Å². The van der Waals surface area contributed by atoms with Gasteiger partial charge in [0.2, 0.25) is 0 Å². The van der Waals surface area contributed by atoms with E-state index >= 15 is 0 Å². The number of rotatable bonds is 4. The molecule has 0 N–H and O–H groups in total. The van der Waals surface area contributed by atoms with Crippen molar-refractivity contribution in [3.63, 3.8) is 0 Å². The second-order valence-electron chi connectivity index (χ2n) is 5.78. The van der Waals surface area contributed by atoms with Crippen LogP contribution in [0.5, 0.6) is 0 Å². The van der Waals surface area contributed by atoms with E-state index in [2.05, 4.69) is 29.8 Å². The fourth-order valence-corrected chi connectivity index (χ4v) is 3.35. The molecule has 0 aliphatic heterocycles. The number of hydrogen-bond acceptors (Lipinski definition) is 2. The maximum Gasteiger partial charge on any atom is 0.188 e. The van der Waals surface area contributed by atoms with E-state index in [9.17, 15) is 4.79 Å². The molecule has 3 heteroatoms. The van der Waals surface area contributed by atoms with Gasteiger partial charge in [0, 0.05) is 10.0 Å². The number of halogens is 1. The number of carbonyl (C=O) groups excluding carboxylic acids is 1. The Morgan fingerprint density at radius 2 is 1.95 bits per heavy atom. The third-order valence-corrected chi connectivity index (χ3v) is 4.23. The van der Waals surface area contributed by atoms with Crippen LogP contribution in [0.2, 0.25) is 0 Å². The van der Waals surface area contributed by atoms with Gasteiger partial charge in [-0.1, -0.05) is 41.9 Å². The summed E-state index contributed by atoms with van der Waals surface area (Å²) in [6.07, 6.45) is 3.68. The summed E-state index contributed by atoms with van der Waals surface area (Å²) in [4.78, 5) is 12.1. The molecule has 104 valence electrons. The fraction of sp³-hybridized carbons (Fsp3) is 0.562. The maximum absolute atomic E-state index is 12.1. The molecule has 2 nitrogen and oxygen atoms in total. The summed E-state index contributed by atoms with van der Waals surface area (Å²) >= 11 is 3.38. The molecule has 1 aliphatic rings. The molecular formula is C16H21BrO2. The molecule has 0 aromatic heterocycles. The SMILES string of the molecule is CC1CC(C)CC(OCC(=O)c2cccc(Br)c2)C1. The smallest absolute Gasteiger partial charge is 0.188 e. The molecule has 1 saturated carbocycles. The van der Waals surface area contributed by atoms with Crippen molar-refractivity contribution in [2.24, 2.45) is 11.8 Å². The third kappa shape index (κ3) is 4.43. The van der Waals surface area contributed by atoms with Crippen molar-refractivity contribution < 1.29 is 9.53 Å². The largest absolute Gasteiger partial charge is 0.370 e. The first-order chi connectivity index (χ1) is 9.04. The highest BCUT2D eigenvalue weighted by atomic mass is 79.9.